The highest BCUT2D eigenvalue weighted by atomic mass is 16.5. The second-order valence-electron chi connectivity index (χ2n) is 4.61. The Balaban J connectivity index is 2.43. The van der Waals surface area contributed by atoms with Crippen molar-refractivity contribution in [3.05, 3.63) is 56.6 Å². The molecule has 0 N–H and O–H groups in total. The minimum atomic E-state index is -0.490. The molecule has 0 bridgehead atoms. The molecule has 0 saturated carbocycles. The summed E-state index contributed by atoms with van der Waals surface area (Å²) in [6.45, 7) is 4.43. The molecular formula is C15H19N3O3. The summed E-state index contributed by atoms with van der Waals surface area (Å²) in [5.41, 5.74) is 0.178. The number of benzene rings is 1. The van der Waals surface area contributed by atoms with E-state index in [1.807, 2.05) is 31.2 Å². The normalized spacial score (nSPS) is 10.6. The molecule has 0 spiro atoms. The van der Waals surface area contributed by atoms with Crippen LogP contribution in [0.5, 0.6) is 5.75 Å². The fourth-order valence-corrected chi connectivity index (χ4v) is 2.22. The lowest BCUT2D eigenvalue weighted by Crippen LogP contribution is -2.42. The second-order valence-corrected chi connectivity index (χ2v) is 4.61. The number of methoxy groups -OCH3 is 1. The summed E-state index contributed by atoms with van der Waals surface area (Å²) < 4.78 is 7.79. The molecule has 0 atom stereocenters. The van der Waals surface area contributed by atoms with Crippen LogP contribution in [0, 0.1) is 0 Å². The standard InChI is InChI=1S/C15H19N3O3/c1-4-17-13(16-14(19)18(5-2)15(17)20)10-11-6-8-12(21-3)9-7-11/h6-9H,4-5,10H2,1-3H3. The summed E-state index contributed by atoms with van der Waals surface area (Å²) in [6.07, 6.45) is 0.437. The smallest absolute Gasteiger partial charge is 0.353 e. The van der Waals surface area contributed by atoms with Gasteiger partial charge in [-0.3, -0.25) is 4.57 Å². The predicted molar refractivity (Wildman–Crippen MR) is 79.9 cm³/mol. The summed E-state index contributed by atoms with van der Waals surface area (Å²) in [6, 6.07) is 7.49. The van der Waals surface area contributed by atoms with Crippen LogP contribution in [-0.4, -0.2) is 21.2 Å². The molecule has 0 aliphatic rings. The van der Waals surface area contributed by atoms with Crippen molar-refractivity contribution in [2.45, 2.75) is 33.4 Å². The van der Waals surface area contributed by atoms with Gasteiger partial charge in [0, 0.05) is 19.5 Å². The molecule has 1 aromatic heterocycles. The van der Waals surface area contributed by atoms with Gasteiger partial charge in [-0.2, -0.15) is 4.98 Å². The Kier molecular flexibility index (Phi) is 4.57. The minimum absolute atomic E-state index is 0.302. The first-order chi connectivity index (χ1) is 10.1. The first-order valence-electron chi connectivity index (χ1n) is 6.94. The second kappa shape index (κ2) is 6.39. The molecular weight excluding hydrogens is 270 g/mol. The lowest BCUT2D eigenvalue weighted by Gasteiger charge is -2.12. The number of hydrogen-bond acceptors (Lipinski definition) is 4. The van der Waals surface area contributed by atoms with Crippen LogP contribution in [0.4, 0.5) is 0 Å². The molecule has 0 aliphatic heterocycles. The van der Waals surface area contributed by atoms with E-state index in [0.29, 0.717) is 25.3 Å². The third kappa shape index (κ3) is 3.04. The Morgan fingerprint density at radius 2 is 1.67 bits per heavy atom. The van der Waals surface area contributed by atoms with E-state index < -0.39 is 5.69 Å². The van der Waals surface area contributed by atoms with Gasteiger partial charge >= 0.3 is 11.4 Å². The zero-order valence-electron chi connectivity index (χ0n) is 12.5. The van der Waals surface area contributed by atoms with Crippen LogP contribution in [0.2, 0.25) is 0 Å². The Labute approximate surface area is 122 Å². The summed E-state index contributed by atoms with van der Waals surface area (Å²) >= 11 is 0. The zero-order valence-corrected chi connectivity index (χ0v) is 12.5. The molecule has 1 heterocycles. The van der Waals surface area contributed by atoms with Gasteiger partial charge in [0.25, 0.3) is 0 Å². The first-order valence-corrected chi connectivity index (χ1v) is 6.94. The van der Waals surface area contributed by atoms with Crippen LogP contribution in [-0.2, 0) is 19.5 Å². The summed E-state index contributed by atoms with van der Waals surface area (Å²) in [4.78, 5) is 28.2. The monoisotopic (exact) mass is 289 g/mol. The molecule has 112 valence electrons. The molecule has 0 unspecified atom stereocenters. The van der Waals surface area contributed by atoms with Gasteiger partial charge in [0.15, 0.2) is 0 Å². The highest BCUT2D eigenvalue weighted by Gasteiger charge is 2.11. The number of hydrogen-bond donors (Lipinski definition) is 0. The van der Waals surface area contributed by atoms with Crippen LogP contribution >= 0.6 is 0 Å². The van der Waals surface area contributed by atoms with Crippen molar-refractivity contribution in [2.75, 3.05) is 7.11 Å². The highest BCUT2D eigenvalue weighted by Crippen LogP contribution is 2.13. The molecule has 0 amide bonds. The molecule has 0 aliphatic carbocycles. The van der Waals surface area contributed by atoms with Crippen molar-refractivity contribution in [2.24, 2.45) is 0 Å². The van der Waals surface area contributed by atoms with Crippen molar-refractivity contribution >= 4 is 0 Å². The average molecular weight is 289 g/mol. The van der Waals surface area contributed by atoms with Crippen molar-refractivity contribution in [1.82, 2.24) is 14.1 Å². The topological polar surface area (TPSA) is 66.1 Å². The van der Waals surface area contributed by atoms with Crippen LogP contribution < -0.4 is 16.1 Å². The maximum absolute atomic E-state index is 12.2. The Bertz CT molecular complexity index is 729. The van der Waals surface area contributed by atoms with E-state index in [1.54, 1.807) is 14.0 Å². The molecule has 2 aromatic rings. The SMILES string of the molecule is CCn1c(Cc2ccc(OC)cc2)nc(=O)n(CC)c1=O. The van der Waals surface area contributed by atoms with Gasteiger partial charge in [0.2, 0.25) is 0 Å². The molecule has 1 aromatic carbocycles. The molecule has 0 fully saturated rings. The Morgan fingerprint density at radius 1 is 1.05 bits per heavy atom. The van der Waals surface area contributed by atoms with Gasteiger partial charge in [-0.1, -0.05) is 12.1 Å². The summed E-state index contributed by atoms with van der Waals surface area (Å²) in [7, 11) is 1.61. The average Bonchev–Trinajstić information content (AvgIpc) is 2.48. The number of rotatable bonds is 5. The van der Waals surface area contributed by atoms with Gasteiger partial charge in [0.1, 0.15) is 11.6 Å². The quantitative estimate of drug-likeness (QED) is 0.825. The van der Waals surface area contributed by atoms with Crippen molar-refractivity contribution in [3.63, 3.8) is 0 Å². The van der Waals surface area contributed by atoms with Crippen LogP contribution in [0.15, 0.2) is 33.9 Å². The van der Waals surface area contributed by atoms with E-state index in [-0.39, 0.29) is 5.69 Å². The van der Waals surface area contributed by atoms with Crippen molar-refractivity contribution in [3.8, 4) is 5.75 Å². The largest absolute Gasteiger partial charge is 0.497 e. The zero-order chi connectivity index (χ0) is 15.4. The van der Waals surface area contributed by atoms with Gasteiger partial charge in [-0.05, 0) is 31.5 Å². The summed E-state index contributed by atoms with van der Waals surface area (Å²) in [5.74, 6) is 1.25. The fourth-order valence-electron chi connectivity index (χ4n) is 2.22. The molecule has 21 heavy (non-hydrogen) atoms. The summed E-state index contributed by atoms with van der Waals surface area (Å²) in [5, 5.41) is 0. The Morgan fingerprint density at radius 3 is 2.19 bits per heavy atom. The molecule has 0 saturated heterocycles. The molecule has 6 nitrogen and oxygen atoms in total. The van der Waals surface area contributed by atoms with Gasteiger partial charge in [-0.25, -0.2) is 14.2 Å². The maximum Gasteiger partial charge on any atom is 0.353 e. The van der Waals surface area contributed by atoms with Crippen molar-refractivity contribution < 1.29 is 4.74 Å². The number of aromatic nitrogens is 3. The fraction of sp³-hybridized carbons (Fsp3) is 0.400. The predicted octanol–water partition coefficient (Wildman–Crippen LogP) is 1.04. The van der Waals surface area contributed by atoms with E-state index in [0.717, 1.165) is 15.9 Å². The molecule has 6 heteroatoms. The van der Waals surface area contributed by atoms with E-state index >= 15 is 0 Å². The molecule has 0 radical (unpaired) electrons. The minimum Gasteiger partial charge on any atom is -0.497 e. The van der Waals surface area contributed by atoms with Gasteiger partial charge < -0.3 is 4.74 Å². The van der Waals surface area contributed by atoms with Gasteiger partial charge in [-0.15, -0.1) is 0 Å². The van der Waals surface area contributed by atoms with Crippen LogP contribution in [0.1, 0.15) is 25.2 Å². The maximum atomic E-state index is 12.2. The Hall–Kier alpha value is -2.37. The van der Waals surface area contributed by atoms with Crippen LogP contribution in [0.25, 0.3) is 0 Å². The van der Waals surface area contributed by atoms with Gasteiger partial charge in [0.05, 0.1) is 7.11 Å². The van der Waals surface area contributed by atoms with E-state index in [4.69, 9.17) is 4.74 Å². The number of ether oxygens (including phenoxy) is 1. The lowest BCUT2D eigenvalue weighted by atomic mass is 10.1. The van der Waals surface area contributed by atoms with E-state index in [9.17, 15) is 9.59 Å². The van der Waals surface area contributed by atoms with Crippen molar-refractivity contribution in [1.29, 1.82) is 0 Å². The lowest BCUT2D eigenvalue weighted by molar-refractivity contribution is 0.414. The number of nitrogens with zero attached hydrogens (tertiary/aromatic N) is 3. The third-order valence-electron chi connectivity index (χ3n) is 3.38. The van der Waals surface area contributed by atoms with Crippen LogP contribution in [0.3, 0.4) is 0 Å². The molecule has 2 rings (SSSR count). The highest BCUT2D eigenvalue weighted by molar-refractivity contribution is 5.28. The van der Waals surface area contributed by atoms with E-state index in [2.05, 4.69) is 4.98 Å². The van der Waals surface area contributed by atoms with E-state index in [1.165, 1.54) is 4.57 Å². The third-order valence-corrected chi connectivity index (χ3v) is 3.38. The first kappa shape index (κ1) is 15.0.